The highest BCUT2D eigenvalue weighted by molar-refractivity contribution is 5.85. The van der Waals surface area contributed by atoms with Crippen LogP contribution in [0.3, 0.4) is 0 Å². The zero-order valence-electron chi connectivity index (χ0n) is 23.0. The molecule has 8 nitrogen and oxygen atoms in total. The smallest absolute Gasteiger partial charge is 0.249 e. The summed E-state index contributed by atoms with van der Waals surface area (Å²) >= 11 is 0. The summed E-state index contributed by atoms with van der Waals surface area (Å²) in [6.07, 6.45) is 1.88. The lowest BCUT2D eigenvalue weighted by molar-refractivity contribution is -0.144. The third-order valence-electron chi connectivity index (χ3n) is 6.54. The van der Waals surface area contributed by atoms with E-state index in [2.05, 4.69) is 0 Å². The molecule has 0 radical (unpaired) electrons. The molecule has 9 heteroatoms. The van der Waals surface area contributed by atoms with Crippen LogP contribution in [-0.4, -0.2) is 55.0 Å². The van der Waals surface area contributed by atoms with E-state index in [1.807, 2.05) is 30.3 Å². The van der Waals surface area contributed by atoms with Gasteiger partial charge in [0.25, 0.3) is 0 Å². The summed E-state index contributed by atoms with van der Waals surface area (Å²) in [6.45, 7) is 0.611. The number of para-hydroxylation sites is 1. The molecule has 41 heavy (non-hydrogen) atoms. The molecule has 0 bridgehead atoms. The highest BCUT2D eigenvalue weighted by Crippen LogP contribution is 2.15. The molecule has 4 aromatic rings. The maximum absolute atomic E-state index is 13.7. The molecular formula is C32H33FN2O6. The fourth-order valence-electron chi connectivity index (χ4n) is 4.35. The van der Waals surface area contributed by atoms with Gasteiger partial charge in [-0.05, 0) is 41.8 Å². The van der Waals surface area contributed by atoms with Crippen molar-refractivity contribution in [1.82, 2.24) is 9.80 Å². The van der Waals surface area contributed by atoms with Crippen LogP contribution >= 0.6 is 0 Å². The van der Waals surface area contributed by atoms with Crippen molar-refractivity contribution in [3.05, 3.63) is 118 Å². The number of methoxy groups -OCH3 is 1. The minimum Gasteiger partial charge on any atom is -0.464 e. The Morgan fingerprint density at radius 2 is 1.59 bits per heavy atom. The van der Waals surface area contributed by atoms with Crippen LogP contribution < -0.4 is 5.43 Å². The molecule has 0 saturated heterocycles. The first-order valence-electron chi connectivity index (χ1n) is 13.3. The third-order valence-corrected chi connectivity index (χ3v) is 6.54. The van der Waals surface area contributed by atoms with Crippen LogP contribution in [-0.2, 0) is 38.8 Å². The Morgan fingerprint density at radius 1 is 0.854 bits per heavy atom. The number of hydrogen-bond acceptors (Lipinski definition) is 6. The number of nitrogens with zero attached hydrogens (tertiary/aromatic N) is 2. The summed E-state index contributed by atoms with van der Waals surface area (Å²) in [6, 6.07) is 22.2. The molecule has 0 saturated carbocycles. The lowest BCUT2D eigenvalue weighted by atomic mass is 10.1. The fraction of sp³-hybridized carbons (Fsp3) is 0.281. The summed E-state index contributed by atoms with van der Waals surface area (Å²) in [4.78, 5) is 42.9. The summed E-state index contributed by atoms with van der Waals surface area (Å²) in [5.41, 5.74) is 2.10. The van der Waals surface area contributed by atoms with Crippen molar-refractivity contribution in [3.63, 3.8) is 0 Å². The Bertz CT molecular complexity index is 1490. The number of rotatable bonds is 14. The van der Waals surface area contributed by atoms with Gasteiger partial charge in [0, 0.05) is 26.8 Å². The standard InChI is InChI=1S/C32H33FN2O6/c1-39-17-7-16-34(31(37)23-40-21-25-8-3-2-4-9-25)20-30(36)35(18-24-12-14-27(33)15-13-24)19-26-22-41-29-11-6-5-10-28(29)32(26)38/h2-6,8-15,22H,7,16-21,23H2,1H3. The van der Waals surface area contributed by atoms with Crippen LogP contribution in [0.5, 0.6) is 0 Å². The van der Waals surface area contributed by atoms with E-state index in [0.717, 1.165) is 5.56 Å². The molecule has 1 heterocycles. The minimum atomic E-state index is -0.396. The Morgan fingerprint density at radius 3 is 2.34 bits per heavy atom. The van der Waals surface area contributed by atoms with Gasteiger partial charge < -0.3 is 23.7 Å². The van der Waals surface area contributed by atoms with E-state index in [1.165, 1.54) is 28.2 Å². The molecular weight excluding hydrogens is 527 g/mol. The van der Waals surface area contributed by atoms with E-state index in [9.17, 15) is 18.8 Å². The predicted octanol–water partition coefficient (Wildman–Crippen LogP) is 4.54. The summed E-state index contributed by atoms with van der Waals surface area (Å²) in [5.74, 6) is -1.11. The molecule has 3 aromatic carbocycles. The van der Waals surface area contributed by atoms with E-state index < -0.39 is 5.82 Å². The van der Waals surface area contributed by atoms with Crippen molar-refractivity contribution < 1.29 is 27.9 Å². The van der Waals surface area contributed by atoms with Gasteiger partial charge in [-0.1, -0.05) is 54.6 Å². The minimum absolute atomic E-state index is 0.0476. The average Bonchev–Trinajstić information content (AvgIpc) is 2.99. The molecule has 0 aliphatic rings. The van der Waals surface area contributed by atoms with Crippen molar-refractivity contribution in [1.29, 1.82) is 0 Å². The van der Waals surface area contributed by atoms with Crippen molar-refractivity contribution in [2.24, 2.45) is 0 Å². The maximum atomic E-state index is 13.7. The zero-order valence-corrected chi connectivity index (χ0v) is 23.0. The lowest BCUT2D eigenvalue weighted by Gasteiger charge is -2.28. The SMILES string of the molecule is COCCCN(CC(=O)N(Cc1ccc(F)cc1)Cc1coc2ccccc2c1=O)C(=O)COCc1ccccc1. The molecule has 0 N–H and O–H groups in total. The highest BCUT2D eigenvalue weighted by atomic mass is 19.1. The number of ether oxygens (including phenoxy) is 2. The molecule has 0 aliphatic carbocycles. The molecule has 2 amide bonds. The largest absolute Gasteiger partial charge is 0.464 e. The number of benzene rings is 3. The molecule has 0 atom stereocenters. The molecule has 0 unspecified atom stereocenters. The van der Waals surface area contributed by atoms with Crippen molar-refractivity contribution >= 4 is 22.8 Å². The van der Waals surface area contributed by atoms with E-state index in [0.29, 0.717) is 35.1 Å². The number of carbonyl (C=O) groups excluding carboxylic acids is 2. The second kappa shape index (κ2) is 14.9. The van der Waals surface area contributed by atoms with Gasteiger partial charge in [-0.2, -0.15) is 0 Å². The molecule has 1 aromatic heterocycles. The fourth-order valence-corrected chi connectivity index (χ4v) is 4.35. The van der Waals surface area contributed by atoms with Crippen LogP contribution in [0, 0.1) is 5.82 Å². The van der Waals surface area contributed by atoms with Crippen LogP contribution in [0.4, 0.5) is 4.39 Å². The van der Waals surface area contributed by atoms with E-state index in [-0.39, 0.29) is 56.6 Å². The van der Waals surface area contributed by atoms with Gasteiger partial charge in [-0.3, -0.25) is 14.4 Å². The monoisotopic (exact) mass is 560 g/mol. The van der Waals surface area contributed by atoms with Crippen LogP contribution in [0.1, 0.15) is 23.1 Å². The number of carbonyl (C=O) groups is 2. The summed E-state index contributed by atoms with van der Waals surface area (Å²) in [5, 5.41) is 0.408. The van der Waals surface area contributed by atoms with Gasteiger partial charge in [0.05, 0.1) is 36.9 Å². The first-order valence-corrected chi connectivity index (χ1v) is 13.3. The maximum Gasteiger partial charge on any atom is 0.249 e. The molecule has 0 spiro atoms. The van der Waals surface area contributed by atoms with Gasteiger partial charge in [-0.15, -0.1) is 0 Å². The van der Waals surface area contributed by atoms with Crippen molar-refractivity contribution in [2.45, 2.75) is 26.1 Å². The molecule has 0 fully saturated rings. The second-order valence-electron chi connectivity index (χ2n) is 9.60. The van der Waals surface area contributed by atoms with E-state index in [4.69, 9.17) is 13.9 Å². The highest BCUT2D eigenvalue weighted by Gasteiger charge is 2.23. The van der Waals surface area contributed by atoms with Gasteiger partial charge in [0.15, 0.2) is 5.43 Å². The van der Waals surface area contributed by atoms with Gasteiger partial charge in [0.2, 0.25) is 11.8 Å². The third kappa shape index (κ3) is 8.57. The topological polar surface area (TPSA) is 89.3 Å². The Balaban J connectivity index is 1.52. The average molecular weight is 561 g/mol. The quantitative estimate of drug-likeness (QED) is 0.210. The molecule has 214 valence electrons. The number of hydrogen-bond donors (Lipinski definition) is 0. The Labute approximate surface area is 237 Å². The van der Waals surface area contributed by atoms with Crippen LogP contribution in [0.25, 0.3) is 11.0 Å². The second-order valence-corrected chi connectivity index (χ2v) is 9.60. The normalized spacial score (nSPS) is 11.0. The zero-order chi connectivity index (χ0) is 29.0. The summed E-state index contributed by atoms with van der Waals surface area (Å²) < 4.78 is 30.0. The Kier molecular flexibility index (Phi) is 10.8. The van der Waals surface area contributed by atoms with E-state index in [1.54, 1.807) is 43.5 Å². The summed E-state index contributed by atoms with van der Waals surface area (Å²) in [7, 11) is 1.57. The lowest BCUT2D eigenvalue weighted by Crippen LogP contribution is -2.44. The predicted molar refractivity (Wildman–Crippen MR) is 152 cm³/mol. The van der Waals surface area contributed by atoms with Crippen LogP contribution in [0.15, 0.2) is 94.3 Å². The van der Waals surface area contributed by atoms with Gasteiger partial charge >= 0.3 is 0 Å². The van der Waals surface area contributed by atoms with Crippen molar-refractivity contribution in [3.8, 4) is 0 Å². The number of halogens is 1. The first kappa shape index (κ1) is 29.6. The molecule has 4 rings (SSSR count). The van der Waals surface area contributed by atoms with Crippen LogP contribution in [0.2, 0.25) is 0 Å². The van der Waals surface area contributed by atoms with Gasteiger partial charge in [-0.25, -0.2) is 4.39 Å². The van der Waals surface area contributed by atoms with Gasteiger partial charge in [0.1, 0.15) is 18.0 Å². The molecule has 0 aliphatic heterocycles. The van der Waals surface area contributed by atoms with E-state index >= 15 is 0 Å². The number of amides is 2. The number of fused-ring (bicyclic) bond motifs is 1. The Hall–Kier alpha value is -4.34. The first-order chi connectivity index (χ1) is 19.9. The van der Waals surface area contributed by atoms with Crippen molar-refractivity contribution in [2.75, 3.05) is 33.4 Å².